The molecule has 2 atom stereocenters. The van der Waals surface area contributed by atoms with Crippen molar-refractivity contribution in [3.63, 3.8) is 0 Å². The summed E-state index contributed by atoms with van der Waals surface area (Å²) in [4.78, 5) is 36.8. The Labute approximate surface area is 201 Å². The Balaban J connectivity index is 1.53. The quantitative estimate of drug-likeness (QED) is 0.629. The zero-order valence-corrected chi connectivity index (χ0v) is 20.1. The van der Waals surface area contributed by atoms with Crippen LogP contribution in [0.25, 0.3) is 0 Å². The minimum absolute atomic E-state index is 0.0503. The van der Waals surface area contributed by atoms with Gasteiger partial charge in [-0.3, -0.25) is 9.89 Å². The number of ether oxygens (including phenoxy) is 3. The Hall–Kier alpha value is -3.12. The fourth-order valence-electron chi connectivity index (χ4n) is 4.31. The molecule has 2 unspecified atom stereocenters. The summed E-state index contributed by atoms with van der Waals surface area (Å²) >= 11 is 0. The van der Waals surface area contributed by atoms with Gasteiger partial charge in [-0.05, 0) is 20.8 Å². The third-order valence-electron chi connectivity index (χ3n) is 5.92. The Morgan fingerprint density at radius 2 is 2.06 bits per heavy atom. The summed E-state index contributed by atoms with van der Waals surface area (Å²) in [6, 6.07) is 0.592. The van der Waals surface area contributed by atoms with Crippen LogP contribution in [0, 0.1) is 11.6 Å². The fourth-order valence-corrected chi connectivity index (χ4v) is 4.31. The lowest BCUT2D eigenvalue weighted by Gasteiger charge is -2.38. The van der Waals surface area contributed by atoms with Gasteiger partial charge in [0.2, 0.25) is 0 Å². The average molecular weight is 494 g/mol. The molecule has 10 nitrogen and oxygen atoms in total. The number of fused-ring (bicyclic) bond motifs is 1. The SMILES string of the molecule is COC(=O)C1=C(CN2CCOC3CN(C(=O)OC(C)(C)C)CC32)NC(c2ncc(F)cc2F)=NC1. The van der Waals surface area contributed by atoms with Gasteiger partial charge in [0, 0.05) is 31.4 Å². The third kappa shape index (κ3) is 5.59. The summed E-state index contributed by atoms with van der Waals surface area (Å²) in [7, 11) is 1.27. The third-order valence-corrected chi connectivity index (χ3v) is 5.92. The number of aliphatic imine (C=N–C) groups is 1. The molecule has 1 aromatic rings. The lowest BCUT2D eigenvalue weighted by Crippen LogP contribution is -2.53. The molecule has 35 heavy (non-hydrogen) atoms. The number of carbonyl (C=O) groups is 2. The predicted octanol–water partition coefficient (Wildman–Crippen LogP) is 1.46. The van der Waals surface area contributed by atoms with Crippen molar-refractivity contribution in [3.8, 4) is 0 Å². The molecule has 4 rings (SSSR count). The zero-order chi connectivity index (χ0) is 25.3. The first-order valence-corrected chi connectivity index (χ1v) is 11.3. The van der Waals surface area contributed by atoms with Gasteiger partial charge in [0.1, 0.15) is 17.1 Å². The number of rotatable bonds is 4. The number of esters is 1. The van der Waals surface area contributed by atoms with E-state index in [4.69, 9.17) is 14.2 Å². The molecule has 1 aromatic heterocycles. The van der Waals surface area contributed by atoms with Crippen LogP contribution in [0.2, 0.25) is 0 Å². The van der Waals surface area contributed by atoms with Crippen molar-refractivity contribution in [2.45, 2.75) is 38.5 Å². The van der Waals surface area contributed by atoms with E-state index in [2.05, 4.69) is 20.2 Å². The molecule has 0 aromatic carbocycles. The van der Waals surface area contributed by atoms with Crippen LogP contribution in [0.1, 0.15) is 26.5 Å². The van der Waals surface area contributed by atoms with Crippen molar-refractivity contribution in [1.29, 1.82) is 0 Å². The summed E-state index contributed by atoms with van der Waals surface area (Å²) in [5.74, 6) is -2.14. The second kappa shape index (κ2) is 9.86. The van der Waals surface area contributed by atoms with Gasteiger partial charge in [-0.15, -0.1) is 0 Å². The molecule has 1 N–H and O–H groups in total. The van der Waals surface area contributed by atoms with Gasteiger partial charge in [-0.25, -0.2) is 23.4 Å². The van der Waals surface area contributed by atoms with Crippen molar-refractivity contribution >= 4 is 17.9 Å². The predicted molar refractivity (Wildman–Crippen MR) is 121 cm³/mol. The highest BCUT2D eigenvalue weighted by Gasteiger charge is 2.43. The normalized spacial score (nSPS) is 22.9. The summed E-state index contributed by atoms with van der Waals surface area (Å²) in [6.07, 6.45) is 0.275. The van der Waals surface area contributed by atoms with Crippen molar-refractivity contribution < 1.29 is 32.6 Å². The molecule has 3 aliphatic heterocycles. The Morgan fingerprint density at radius 1 is 1.29 bits per heavy atom. The van der Waals surface area contributed by atoms with Gasteiger partial charge in [-0.1, -0.05) is 0 Å². The summed E-state index contributed by atoms with van der Waals surface area (Å²) in [6.45, 7) is 7.44. The van der Waals surface area contributed by atoms with E-state index in [9.17, 15) is 18.4 Å². The maximum atomic E-state index is 14.3. The number of amides is 1. The minimum atomic E-state index is -0.868. The van der Waals surface area contributed by atoms with Gasteiger partial charge in [0.15, 0.2) is 11.7 Å². The zero-order valence-electron chi connectivity index (χ0n) is 20.1. The number of likely N-dealkylation sites (tertiary alicyclic amines) is 1. The number of hydrogen-bond acceptors (Lipinski definition) is 9. The highest BCUT2D eigenvalue weighted by atomic mass is 19.1. The second-order valence-electron chi connectivity index (χ2n) is 9.55. The smallest absolute Gasteiger partial charge is 0.410 e. The van der Waals surface area contributed by atoms with E-state index >= 15 is 0 Å². The summed E-state index contributed by atoms with van der Waals surface area (Å²) < 4.78 is 44.0. The molecule has 1 amide bonds. The molecule has 4 heterocycles. The van der Waals surface area contributed by atoms with Crippen molar-refractivity contribution in [2.24, 2.45) is 4.99 Å². The minimum Gasteiger partial charge on any atom is -0.466 e. The number of aromatic nitrogens is 1. The van der Waals surface area contributed by atoms with Crippen LogP contribution in [-0.4, -0.2) is 96.9 Å². The first-order chi connectivity index (χ1) is 16.6. The molecular formula is C23H29F2N5O5. The standard InChI is InChI=1S/C23H29F2N5O5/c1-23(2,3)35-22(32)30-11-17-18(12-30)34-6-5-29(17)10-16-14(21(31)33-4)9-27-20(28-16)19-15(25)7-13(24)8-26-19/h7-8,17-18H,5-6,9-12H2,1-4H3,(H,27,28). The van der Waals surface area contributed by atoms with Gasteiger partial charge in [-0.2, -0.15) is 0 Å². The number of nitrogens with one attached hydrogen (secondary N) is 1. The maximum Gasteiger partial charge on any atom is 0.410 e. The molecule has 0 radical (unpaired) electrons. The van der Waals surface area contributed by atoms with E-state index < -0.39 is 29.3 Å². The largest absolute Gasteiger partial charge is 0.466 e. The van der Waals surface area contributed by atoms with E-state index in [0.717, 1.165) is 12.3 Å². The Kier molecular flexibility index (Phi) is 7.04. The summed E-state index contributed by atoms with van der Waals surface area (Å²) in [5, 5.41) is 3.00. The van der Waals surface area contributed by atoms with Crippen LogP contribution in [0.15, 0.2) is 28.5 Å². The molecule has 0 saturated carbocycles. The number of carbonyl (C=O) groups excluding carboxylic acids is 2. The van der Waals surface area contributed by atoms with E-state index in [1.807, 2.05) is 20.8 Å². The van der Waals surface area contributed by atoms with Gasteiger partial charge < -0.3 is 24.4 Å². The van der Waals surface area contributed by atoms with Crippen molar-refractivity contribution in [2.75, 3.05) is 46.4 Å². The molecular weight excluding hydrogens is 464 g/mol. The van der Waals surface area contributed by atoms with E-state index in [1.165, 1.54) is 7.11 Å². The van der Waals surface area contributed by atoms with E-state index in [1.54, 1.807) is 4.90 Å². The van der Waals surface area contributed by atoms with Gasteiger partial charge in [0.05, 0.1) is 50.7 Å². The van der Waals surface area contributed by atoms with Crippen LogP contribution >= 0.6 is 0 Å². The molecule has 0 aliphatic carbocycles. The number of hydrogen-bond donors (Lipinski definition) is 1. The van der Waals surface area contributed by atoms with E-state index in [-0.39, 0.29) is 36.8 Å². The maximum absolute atomic E-state index is 14.3. The second-order valence-corrected chi connectivity index (χ2v) is 9.55. The molecule has 3 aliphatic rings. The number of halogens is 2. The van der Waals surface area contributed by atoms with Crippen LogP contribution in [0.5, 0.6) is 0 Å². The lowest BCUT2D eigenvalue weighted by atomic mass is 10.1. The first kappa shape index (κ1) is 25.0. The number of amidine groups is 1. The Bertz CT molecular complexity index is 1070. The van der Waals surface area contributed by atoms with Crippen LogP contribution in [-0.2, 0) is 19.0 Å². The first-order valence-electron chi connectivity index (χ1n) is 11.3. The molecule has 2 saturated heterocycles. The molecule has 190 valence electrons. The van der Waals surface area contributed by atoms with Crippen LogP contribution in [0.3, 0.4) is 0 Å². The van der Waals surface area contributed by atoms with Gasteiger partial charge >= 0.3 is 12.1 Å². The monoisotopic (exact) mass is 493 g/mol. The van der Waals surface area contributed by atoms with Gasteiger partial charge in [0.25, 0.3) is 0 Å². The number of methoxy groups -OCH3 is 1. The molecule has 12 heteroatoms. The van der Waals surface area contributed by atoms with Crippen molar-refractivity contribution in [3.05, 3.63) is 40.9 Å². The highest BCUT2D eigenvalue weighted by Crippen LogP contribution is 2.26. The fraction of sp³-hybridized carbons (Fsp3) is 0.565. The average Bonchev–Trinajstić information content (AvgIpc) is 3.23. The number of nitrogens with zero attached hydrogens (tertiary/aromatic N) is 4. The van der Waals surface area contributed by atoms with Crippen LogP contribution < -0.4 is 5.32 Å². The molecule has 0 bridgehead atoms. The number of morpholine rings is 1. The number of pyridine rings is 1. The molecule has 2 fully saturated rings. The van der Waals surface area contributed by atoms with E-state index in [0.29, 0.717) is 37.5 Å². The highest BCUT2D eigenvalue weighted by molar-refractivity contribution is 6.02. The lowest BCUT2D eigenvalue weighted by molar-refractivity contribution is -0.136. The molecule has 0 spiro atoms. The topological polar surface area (TPSA) is 106 Å². The Morgan fingerprint density at radius 3 is 2.74 bits per heavy atom. The van der Waals surface area contributed by atoms with Crippen molar-refractivity contribution in [1.82, 2.24) is 20.1 Å². The summed E-state index contributed by atoms with van der Waals surface area (Å²) in [5.41, 5.74) is 0.00834. The van der Waals surface area contributed by atoms with Crippen LogP contribution in [0.4, 0.5) is 13.6 Å².